The molecular weight excluding hydrogens is 490 g/mol. The van der Waals surface area contributed by atoms with E-state index in [2.05, 4.69) is 124 Å². The average molecular weight is 526 g/mol. The quantitative estimate of drug-likeness (QED) is 0.297. The number of nitrogens with zero attached hydrogens (tertiary/aromatic N) is 2. The highest BCUT2D eigenvalue weighted by atomic mass is 16.2. The first-order chi connectivity index (χ1) is 19.7. The summed E-state index contributed by atoms with van der Waals surface area (Å²) in [7, 11) is 0. The van der Waals surface area contributed by atoms with Crippen LogP contribution in [0.3, 0.4) is 0 Å². The van der Waals surface area contributed by atoms with Crippen LogP contribution in [0.4, 0.5) is 0 Å². The van der Waals surface area contributed by atoms with Crippen LogP contribution in [0.2, 0.25) is 0 Å². The fraction of sp³-hybridized carbons (Fsp3) is 0.250. The molecule has 1 aliphatic heterocycles. The van der Waals surface area contributed by atoms with E-state index in [0.29, 0.717) is 6.54 Å². The van der Waals surface area contributed by atoms with E-state index >= 15 is 0 Å². The van der Waals surface area contributed by atoms with Crippen LogP contribution < -0.4 is 5.32 Å². The molecule has 1 fully saturated rings. The Kier molecular flexibility index (Phi) is 6.58. The molecule has 5 aromatic carbocycles. The highest BCUT2D eigenvalue weighted by Crippen LogP contribution is 2.36. The molecule has 40 heavy (non-hydrogen) atoms. The molecule has 2 aliphatic rings. The fourth-order valence-electron chi connectivity index (χ4n) is 6.75. The van der Waals surface area contributed by atoms with Crippen LogP contribution in [0.5, 0.6) is 0 Å². The van der Waals surface area contributed by atoms with Gasteiger partial charge in [-0.2, -0.15) is 0 Å². The van der Waals surface area contributed by atoms with Crippen molar-refractivity contribution < 1.29 is 4.79 Å². The monoisotopic (exact) mass is 525 g/mol. The molecule has 0 saturated carbocycles. The van der Waals surface area contributed by atoms with Crippen LogP contribution in [0, 0.1) is 0 Å². The molecule has 0 radical (unpaired) electrons. The number of rotatable bonds is 6. The Hall–Kier alpha value is -3.99. The third-order valence-corrected chi connectivity index (χ3v) is 8.97. The molecule has 200 valence electrons. The molecule has 4 heteroatoms. The topological polar surface area (TPSA) is 35.6 Å². The van der Waals surface area contributed by atoms with E-state index in [9.17, 15) is 4.79 Å². The van der Waals surface area contributed by atoms with E-state index in [0.717, 1.165) is 51.1 Å². The first kappa shape index (κ1) is 25.0. The third kappa shape index (κ3) is 4.78. The highest BCUT2D eigenvalue weighted by Gasteiger charge is 2.48. The third-order valence-electron chi connectivity index (χ3n) is 8.97. The Morgan fingerprint density at radius 2 is 1.15 bits per heavy atom. The Labute approximate surface area is 236 Å². The number of carbonyl (C=O) groups excluding carboxylic acids is 1. The van der Waals surface area contributed by atoms with Crippen molar-refractivity contribution in [2.75, 3.05) is 26.2 Å². The van der Waals surface area contributed by atoms with Crippen molar-refractivity contribution in [1.82, 2.24) is 15.1 Å². The van der Waals surface area contributed by atoms with Crippen LogP contribution in [0.1, 0.15) is 22.3 Å². The lowest BCUT2D eigenvalue weighted by molar-refractivity contribution is -0.135. The van der Waals surface area contributed by atoms with Gasteiger partial charge in [-0.3, -0.25) is 14.6 Å². The van der Waals surface area contributed by atoms with E-state index in [-0.39, 0.29) is 5.91 Å². The lowest BCUT2D eigenvalue weighted by Gasteiger charge is -2.45. The predicted molar refractivity (Wildman–Crippen MR) is 163 cm³/mol. The summed E-state index contributed by atoms with van der Waals surface area (Å²) in [5.41, 5.74) is 4.57. The number of piperazine rings is 1. The van der Waals surface area contributed by atoms with Crippen molar-refractivity contribution in [3.63, 3.8) is 0 Å². The molecule has 7 rings (SSSR count). The normalized spacial score (nSPS) is 17.2. The molecule has 4 nitrogen and oxygen atoms in total. The summed E-state index contributed by atoms with van der Waals surface area (Å²) in [4.78, 5) is 19.1. The van der Waals surface area contributed by atoms with Gasteiger partial charge in [0.15, 0.2) is 0 Å². The first-order valence-electron chi connectivity index (χ1n) is 14.4. The van der Waals surface area contributed by atoms with Gasteiger partial charge >= 0.3 is 0 Å². The highest BCUT2D eigenvalue weighted by molar-refractivity contribution is 5.89. The zero-order valence-electron chi connectivity index (χ0n) is 22.9. The maximum atomic E-state index is 14.1. The molecule has 0 spiro atoms. The molecule has 0 aromatic heterocycles. The molecule has 0 bridgehead atoms. The van der Waals surface area contributed by atoms with Gasteiger partial charge in [0, 0.05) is 52.1 Å². The van der Waals surface area contributed by atoms with Crippen molar-refractivity contribution >= 4 is 27.5 Å². The number of hydrogen-bond acceptors (Lipinski definition) is 3. The van der Waals surface area contributed by atoms with Crippen molar-refractivity contribution in [2.45, 2.75) is 31.5 Å². The lowest BCUT2D eigenvalue weighted by atomic mass is 9.90. The van der Waals surface area contributed by atoms with E-state index < -0.39 is 5.54 Å². The number of amides is 1. The van der Waals surface area contributed by atoms with Gasteiger partial charge in [-0.15, -0.1) is 0 Å². The molecule has 1 heterocycles. The fourth-order valence-corrected chi connectivity index (χ4v) is 6.75. The van der Waals surface area contributed by atoms with Crippen LogP contribution in [0.15, 0.2) is 109 Å². The summed E-state index contributed by atoms with van der Waals surface area (Å²) >= 11 is 0. The van der Waals surface area contributed by atoms with Gasteiger partial charge < -0.3 is 5.32 Å². The molecule has 1 aliphatic carbocycles. The number of fused-ring (bicyclic) bond motifs is 3. The minimum absolute atomic E-state index is 0.153. The summed E-state index contributed by atoms with van der Waals surface area (Å²) in [6.45, 7) is 5.20. The molecule has 1 amide bonds. The van der Waals surface area contributed by atoms with Crippen molar-refractivity contribution in [1.29, 1.82) is 0 Å². The summed E-state index contributed by atoms with van der Waals surface area (Å²) in [5.74, 6) is 0.153. The van der Waals surface area contributed by atoms with Gasteiger partial charge in [0.25, 0.3) is 0 Å². The maximum absolute atomic E-state index is 14.1. The maximum Gasteiger partial charge on any atom is 0.241 e. The van der Waals surface area contributed by atoms with Crippen LogP contribution in [-0.4, -0.2) is 47.4 Å². The van der Waals surface area contributed by atoms with Gasteiger partial charge in [0.05, 0.1) is 0 Å². The Morgan fingerprint density at radius 3 is 1.77 bits per heavy atom. The zero-order chi connectivity index (χ0) is 26.9. The van der Waals surface area contributed by atoms with Gasteiger partial charge in [0.2, 0.25) is 5.91 Å². The van der Waals surface area contributed by atoms with E-state index in [4.69, 9.17) is 0 Å². The van der Waals surface area contributed by atoms with Gasteiger partial charge in [-0.25, -0.2) is 0 Å². The lowest BCUT2D eigenvalue weighted by Crippen LogP contribution is -2.64. The second-order valence-electron chi connectivity index (χ2n) is 11.5. The number of hydrogen-bond donors (Lipinski definition) is 1. The van der Waals surface area contributed by atoms with E-state index in [1.54, 1.807) is 0 Å². The van der Waals surface area contributed by atoms with Gasteiger partial charge in [-0.05, 0) is 55.9 Å². The Balaban J connectivity index is 1.06. The Bertz CT molecular complexity index is 1660. The smallest absolute Gasteiger partial charge is 0.241 e. The standard InChI is InChI=1S/C36H35N3O/c40-35(37-25-27-13-15-29-7-1-3-9-31(29)21-27)36(23-33-11-5-6-12-34(33)24-36)39-19-17-38(18-20-39)26-28-14-16-30-8-2-4-10-32(30)22-28/h1-16,21-22H,17-20,23-26H2,(H,37,40). The summed E-state index contributed by atoms with van der Waals surface area (Å²) < 4.78 is 0. The van der Waals surface area contributed by atoms with E-state index in [1.165, 1.54) is 38.2 Å². The predicted octanol–water partition coefficient (Wildman–Crippen LogP) is 5.96. The zero-order valence-corrected chi connectivity index (χ0v) is 22.9. The van der Waals surface area contributed by atoms with E-state index in [1.807, 2.05) is 0 Å². The molecule has 5 aromatic rings. The van der Waals surface area contributed by atoms with Crippen molar-refractivity contribution in [3.05, 3.63) is 131 Å². The summed E-state index contributed by atoms with van der Waals surface area (Å²) in [6.07, 6.45) is 1.55. The minimum Gasteiger partial charge on any atom is -0.350 e. The number of benzene rings is 5. The molecule has 0 unspecified atom stereocenters. The van der Waals surface area contributed by atoms with Crippen LogP contribution in [-0.2, 0) is 30.7 Å². The van der Waals surface area contributed by atoms with Gasteiger partial charge in [0.1, 0.15) is 5.54 Å². The molecule has 1 N–H and O–H groups in total. The second-order valence-corrected chi connectivity index (χ2v) is 11.5. The molecule has 0 atom stereocenters. The molecule has 1 saturated heterocycles. The SMILES string of the molecule is O=C(NCc1ccc2ccccc2c1)C1(N2CCN(Cc3ccc4ccccc4c3)CC2)Cc2ccccc2C1. The number of carbonyl (C=O) groups is 1. The largest absolute Gasteiger partial charge is 0.350 e. The second kappa shape index (κ2) is 10.5. The minimum atomic E-state index is -0.532. The van der Waals surface area contributed by atoms with Crippen molar-refractivity contribution in [3.8, 4) is 0 Å². The van der Waals surface area contributed by atoms with Crippen LogP contribution >= 0.6 is 0 Å². The van der Waals surface area contributed by atoms with Crippen LogP contribution in [0.25, 0.3) is 21.5 Å². The first-order valence-corrected chi connectivity index (χ1v) is 14.4. The average Bonchev–Trinajstić information content (AvgIpc) is 3.41. The van der Waals surface area contributed by atoms with Crippen molar-refractivity contribution in [2.24, 2.45) is 0 Å². The summed E-state index contributed by atoms with van der Waals surface area (Å²) in [6, 6.07) is 38.8. The Morgan fingerprint density at radius 1 is 0.625 bits per heavy atom. The number of nitrogens with one attached hydrogen (secondary N) is 1. The van der Waals surface area contributed by atoms with Gasteiger partial charge in [-0.1, -0.05) is 97.1 Å². The molecular formula is C36H35N3O. The summed E-state index contributed by atoms with van der Waals surface area (Å²) in [5, 5.41) is 8.37.